The van der Waals surface area contributed by atoms with Crippen molar-refractivity contribution >= 4 is 18.3 Å². The van der Waals surface area contributed by atoms with Crippen LogP contribution in [0.4, 0.5) is 0 Å². The zero-order valence-corrected chi connectivity index (χ0v) is 13.6. The van der Waals surface area contributed by atoms with Crippen LogP contribution >= 0.6 is 11.6 Å². The largest absolute Gasteiger partial charge is 0.473 e. The van der Waals surface area contributed by atoms with Crippen LogP contribution in [0.25, 0.3) is 0 Å². The topological polar surface area (TPSA) is 47.4 Å². The molecule has 4 nitrogen and oxygen atoms in total. The molecule has 2 unspecified atom stereocenters. The minimum atomic E-state index is -0.0304. The Morgan fingerprint density at radius 3 is 2.81 bits per heavy atom. The van der Waals surface area contributed by atoms with Crippen molar-refractivity contribution in [3.63, 3.8) is 0 Å². The van der Waals surface area contributed by atoms with E-state index in [-0.39, 0.29) is 11.6 Å². The second-order valence-corrected chi connectivity index (χ2v) is 6.75. The maximum atomic E-state index is 6.02. The highest BCUT2D eigenvalue weighted by Crippen LogP contribution is 2.31. The molecule has 3 atom stereocenters. The Labute approximate surface area is 132 Å². The fourth-order valence-electron chi connectivity index (χ4n) is 2.92. The quantitative estimate of drug-likeness (QED) is 0.781. The van der Waals surface area contributed by atoms with Crippen LogP contribution < -0.4 is 4.74 Å². The summed E-state index contributed by atoms with van der Waals surface area (Å²) in [7, 11) is 0. The van der Waals surface area contributed by atoms with E-state index in [0.717, 1.165) is 25.7 Å². The third-order valence-electron chi connectivity index (χ3n) is 4.36. The van der Waals surface area contributed by atoms with Gasteiger partial charge in [0.1, 0.15) is 6.10 Å². The lowest BCUT2D eigenvalue weighted by Crippen LogP contribution is -2.25. The van der Waals surface area contributed by atoms with Gasteiger partial charge in [-0.15, -0.1) is 10.2 Å². The van der Waals surface area contributed by atoms with Gasteiger partial charge in [-0.1, -0.05) is 31.4 Å². The van der Waals surface area contributed by atoms with Crippen LogP contribution in [0.2, 0.25) is 5.15 Å². The zero-order chi connectivity index (χ0) is 15.3. The lowest BCUT2D eigenvalue weighted by atomic mass is 9.90. The molecule has 1 fully saturated rings. The van der Waals surface area contributed by atoms with Crippen molar-refractivity contribution in [2.24, 2.45) is 10.9 Å². The number of aromatic nitrogens is 2. The Morgan fingerprint density at radius 1 is 1.33 bits per heavy atom. The molecule has 5 heteroatoms. The first-order chi connectivity index (χ1) is 10.0. The summed E-state index contributed by atoms with van der Waals surface area (Å²) in [5.41, 5.74) is -0.0304. The normalized spacial score (nSPS) is 30.8. The molecule has 0 saturated heterocycles. The number of halogens is 1. The van der Waals surface area contributed by atoms with Crippen LogP contribution in [-0.4, -0.2) is 28.6 Å². The zero-order valence-electron chi connectivity index (χ0n) is 12.9. The Bertz CT molecular complexity index is 465. The van der Waals surface area contributed by atoms with Gasteiger partial charge in [0.2, 0.25) is 5.88 Å². The minimum absolute atomic E-state index is 0.0304. The van der Waals surface area contributed by atoms with Gasteiger partial charge >= 0.3 is 0 Å². The Balaban J connectivity index is 2.04. The number of hydrogen-bond donors (Lipinski definition) is 0. The summed E-state index contributed by atoms with van der Waals surface area (Å²) in [5, 5.41) is 8.21. The minimum Gasteiger partial charge on any atom is -0.473 e. The molecular weight excluding hydrogens is 286 g/mol. The van der Waals surface area contributed by atoms with E-state index < -0.39 is 0 Å². The van der Waals surface area contributed by atoms with E-state index in [4.69, 9.17) is 16.3 Å². The predicted molar refractivity (Wildman–Crippen MR) is 86.3 cm³/mol. The Kier molecular flexibility index (Phi) is 5.57. The summed E-state index contributed by atoms with van der Waals surface area (Å²) in [6.07, 6.45) is 6.65. The fourth-order valence-corrected chi connectivity index (χ4v) is 3.02. The first-order valence-electron chi connectivity index (χ1n) is 7.64. The molecule has 0 N–H and O–H groups in total. The summed E-state index contributed by atoms with van der Waals surface area (Å²) >= 11 is 5.75. The van der Waals surface area contributed by atoms with E-state index >= 15 is 0 Å². The smallest absolute Gasteiger partial charge is 0.233 e. The average molecular weight is 310 g/mol. The van der Waals surface area contributed by atoms with E-state index in [0.29, 0.717) is 17.0 Å². The summed E-state index contributed by atoms with van der Waals surface area (Å²) in [5.74, 6) is 1.19. The number of hydrogen-bond acceptors (Lipinski definition) is 4. The van der Waals surface area contributed by atoms with Gasteiger partial charge in [0.15, 0.2) is 5.15 Å². The first-order valence-corrected chi connectivity index (χ1v) is 8.02. The first kappa shape index (κ1) is 16.2. The fraction of sp³-hybridized carbons (Fsp3) is 0.688. The molecule has 21 heavy (non-hydrogen) atoms. The van der Waals surface area contributed by atoms with Crippen molar-refractivity contribution in [1.82, 2.24) is 10.2 Å². The van der Waals surface area contributed by atoms with Gasteiger partial charge in [-0.05, 0) is 51.3 Å². The van der Waals surface area contributed by atoms with Gasteiger partial charge in [-0.2, -0.15) is 0 Å². The molecule has 0 aliphatic heterocycles. The third kappa shape index (κ3) is 4.95. The van der Waals surface area contributed by atoms with Crippen LogP contribution in [0.1, 0.15) is 52.4 Å². The van der Waals surface area contributed by atoms with Crippen molar-refractivity contribution in [3.05, 3.63) is 17.3 Å². The second kappa shape index (κ2) is 7.21. The number of aliphatic imine (C=N–C) groups is 1. The number of ether oxygens (including phenoxy) is 1. The van der Waals surface area contributed by atoms with Gasteiger partial charge < -0.3 is 4.74 Å². The highest BCUT2D eigenvalue weighted by atomic mass is 35.5. The molecule has 1 aliphatic carbocycles. The summed E-state index contributed by atoms with van der Waals surface area (Å²) in [4.78, 5) is 4.35. The predicted octanol–water partition coefficient (Wildman–Crippen LogP) is 4.33. The maximum absolute atomic E-state index is 6.02. The van der Waals surface area contributed by atoms with E-state index in [9.17, 15) is 0 Å². The highest BCUT2D eigenvalue weighted by Gasteiger charge is 2.27. The maximum Gasteiger partial charge on any atom is 0.233 e. The molecular formula is C16H24ClN3O. The van der Waals surface area contributed by atoms with Crippen LogP contribution in [0.15, 0.2) is 17.1 Å². The van der Waals surface area contributed by atoms with Crippen molar-refractivity contribution in [1.29, 1.82) is 0 Å². The van der Waals surface area contributed by atoms with Crippen molar-refractivity contribution in [3.8, 4) is 5.88 Å². The summed E-state index contributed by atoms with van der Waals surface area (Å²) < 4.78 is 6.02. The van der Waals surface area contributed by atoms with Crippen molar-refractivity contribution in [2.75, 3.05) is 0 Å². The van der Waals surface area contributed by atoms with Gasteiger partial charge in [-0.25, -0.2) is 0 Å². The SMILES string of the molecule is C=N[C@]1(C)CCCC(C)CC(Oc2ccc(Cl)nn2)CC1. The molecule has 116 valence electrons. The van der Waals surface area contributed by atoms with Crippen LogP contribution in [-0.2, 0) is 0 Å². The van der Waals surface area contributed by atoms with E-state index in [1.807, 2.05) is 0 Å². The third-order valence-corrected chi connectivity index (χ3v) is 4.56. The number of nitrogens with zero attached hydrogens (tertiary/aromatic N) is 3. The molecule has 0 bridgehead atoms. The van der Waals surface area contributed by atoms with E-state index in [1.165, 1.54) is 12.8 Å². The molecule has 0 spiro atoms. The molecule has 1 aromatic rings. The molecule has 0 radical (unpaired) electrons. The number of rotatable bonds is 3. The van der Waals surface area contributed by atoms with Gasteiger partial charge in [0.05, 0.1) is 5.54 Å². The van der Waals surface area contributed by atoms with Crippen molar-refractivity contribution in [2.45, 2.75) is 64.0 Å². The average Bonchev–Trinajstić information content (AvgIpc) is 2.53. The van der Waals surface area contributed by atoms with Gasteiger partial charge in [0.25, 0.3) is 0 Å². The molecule has 2 rings (SSSR count). The van der Waals surface area contributed by atoms with E-state index in [2.05, 4.69) is 35.8 Å². The second-order valence-electron chi connectivity index (χ2n) is 6.36. The summed E-state index contributed by atoms with van der Waals surface area (Å²) in [6.45, 7) is 8.24. The van der Waals surface area contributed by atoms with Gasteiger partial charge in [0, 0.05) is 6.07 Å². The lowest BCUT2D eigenvalue weighted by Gasteiger charge is -2.26. The monoisotopic (exact) mass is 309 g/mol. The standard InChI is InChI=1S/C16H24ClN3O/c1-12-5-4-9-16(2,18-3)10-8-13(11-12)21-15-7-6-14(17)19-20-15/h6-7,12-13H,3-5,8-11H2,1-2H3/t12?,13?,16-/m1/s1. The van der Waals surface area contributed by atoms with Crippen LogP contribution in [0.5, 0.6) is 5.88 Å². The Hall–Kier alpha value is -1.16. The van der Waals surface area contributed by atoms with Gasteiger partial charge in [-0.3, -0.25) is 4.99 Å². The molecule has 0 amide bonds. The molecule has 0 aromatic carbocycles. The highest BCUT2D eigenvalue weighted by molar-refractivity contribution is 6.29. The lowest BCUT2D eigenvalue weighted by molar-refractivity contribution is 0.146. The molecule has 1 aliphatic rings. The van der Waals surface area contributed by atoms with E-state index in [1.54, 1.807) is 12.1 Å². The van der Waals surface area contributed by atoms with Crippen LogP contribution in [0.3, 0.4) is 0 Å². The molecule has 1 aromatic heterocycles. The van der Waals surface area contributed by atoms with Crippen molar-refractivity contribution < 1.29 is 4.74 Å². The van der Waals surface area contributed by atoms with Crippen LogP contribution in [0, 0.1) is 5.92 Å². The molecule has 1 saturated carbocycles. The summed E-state index contributed by atoms with van der Waals surface area (Å²) in [6, 6.07) is 3.48. The molecule has 1 heterocycles. The Morgan fingerprint density at radius 2 is 2.14 bits per heavy atom.